The van der Waals surface area contributed by atoms with Crippen molar-refractivity contribution in [3.63, 3.8) is 0 Å². The second-order valence-corrected chi connectivity index (χ2v) is 6.24. The average Bonchev–Trinajstić information content (AvgIpc) is 2.88. The molecule has 0 unspecified atom stereocenters. The predicted molar refractivity (Wildman–Crippen MR) is 79.9 cm³/mol. The van der Waals surface area contributed by atoms with Gasteiger partial charge in [-0.05, 0) is 30.4 Å². The van der Waals surface area contributed by atoms with Gasteiger partial charge in [0, 0.05) is 5.56 Å². The Morgan fingerprint density at radius 1 is 1.35 bits per heavy atom. The first kappa shape index (κ1) is 15.2. The Balaban J connectivity index is 2.67. The van der Waals surface area contributed by atoms with Gasteiger partial charge < -0.3 is 9.84 Å². The van der Waals surface area contributed by atoms with Gasteiger partial charge in [-0.15, -0.1) is 0 Å². The molecular weight excluding hydrogens is 276 g/mol. The Kier molecular flexibility index (Phi) is 4.28. The van der Waals surface area contributed by atoms with E-state index in [-0.39, 0.29) is 0 Å². The molecule has 20 heavy (non-hydrogen) atoms. The molecule has 0 radical (unpaired) electrons. The molecule has 2 rings (SSSR count). The fourth-order valence-electron chi connectivity index (χ4n) is 3.09. The Morgan fingerprint density at radius 3 is 2.40 bits per heavy atom. The minimum Gasteiger partial charge on any atom is -0.495 e. The topological polar surface area (TPSA) is 46.5 Å². The molecular formula is C16H21ClO3. The van der Waals surface area contributed by atoms with E-state index in [2.05, 4.69) is 13.8 Å². The summed E-state index contributed by atoms with van der Waals surface area (Å²) in [4.78, 5) is 11.9. The van der Waals surface area contributed by atoms with Gasteiger partial charge in [0.2, 0.25) is 0 Å². The van der Waals surface area contributed by atoms with E-state index < -0.39 is 11.4 Å². The minimum absolute atomic E-state index is 0.296. The number of carboxylic acid groups (broad SMARTS) is 1. The number of hydrogen-bond donors (Lipinski definition) is 1. The maximum Gasteiger partial charge on any atom is 0.314 e. The summed E-state index contributed by atoms with van der Waals surface area (Å²) in [5.74, 6) is 0.0371. The third kappa shape index (κ3) is 2.39. The van der Waals surface area contributed by atoms with Crippen molar-refractivity contribution in [3.05, 3.63) is 28.3 Å². The third-order valence-corrected chi connectivity index (χ3v) is 4.60. The van der Waals surface area contributed by atoms with E-state index in [9.17, 15) is 9.90 Å². The molecule has 1 fully saturated rings. The Hall–Kier alpha value is -1.22. The maximum absolute atomic E-state index is 11.9. The van der Waals surface area contributed by atoms with Gasteiger partial charge in [-0.25, -0.2) is 0 Å². The zero-order valence-electron chi connectivity index (χ0n) is 12.2. The van der Waals surface area contributed by atoms with Crippen molar-refractivity contribution in [3.8, 4) is 5.75 Å². The zero-order chi connectivity index (χ0) is 14.9. The number of benzene rings is 1. The Labute approximate surface area is 124 Å². The number of carbonyl (C=O) groups is 1. The number of hydrogen-bond acceptors (Lipinski definition) is 2. The van der Waals surface area contributed by atoms with Crippen molar-refractivity contribution in [2.45, 2.75) is 50.9 Å². The van der Waals surface area contributed by atoms with Crippen LogP contribution in [0.5, 0.6) is 5.75 Å². The number of aliphatic carboxylic acids is 1. The van der Waals surface area contributed by atoms with Crippen molar-refractivity contribution < 1.29 is 14.6 Å². The van der Waals surface area contributed by atoms with Gasteiger partial charge in [0.15, 0.2) is 0 Å². The summed E-state index contributed by atoms with van der Waals surface area (Å²) in [5, 5.41) is 10.3. The van der Waals surface area contributed by atoms with Crippen LogP contribution in [0.4, 0.5) is 0 Å². The van der Waals surface area contributed by atoms with Gasteiger partial charge in [0.05, 0.1) is 17.5 Å². The predicted octanol–water partition coefficient (Wildman–Crippen LogP) is 4.37. The van der Waals surface area contributed by atoms with Crippen molar-refractivity contribution >= 4 is 17.6 Å². The molecule has 0 atom stereocenters. The SMILES string of the molecule is COc1c(Cl)cc(C(C)C)cc1C1(C(=O)O)CCCC1. The lowest BCUT2D eigenvalue weighted by atomic mass is 9.77. The van der Waals surface area contributed by atoms with E-state index >= 15 is 0 Å². The van der Waals surface area contributed by atoms with Crippen LogP contribution in [0.15, 0.2) is 12.1 Å². The van der Waals surface area contributed by atoms with Gasteiger partial charge in [-0.3, -0.25) is 4.79 Å². The Morgan fingerprint density at radius 2 is 1.95 bits per heavy atom. The van der Waals surface area contributed by atoms with E-state index in [0.717, 1.165) is 24.0 Å². The zero-order valence-corrected chi connectivity index (χ0v) is 13.0. The van der Waals surface area contributed by atoms with Crippen LogP contribution in [0.3, 0.4) is 0 Å². The van der Waals surface area contributed by atoms with Crippen molar-refractivity contribution in [2.75, 3.05) is 7.11 Å². The van der Waals surface area contributed by atoms with Crippen LogP contribution < -0.4 is 4.74 Å². The summed E-state index contributed by atoms with van der Waals surface area (Å²) >= 11 is 6.31. The highest BCUT2D eigenvalue weighted by molar-refractivity contribution is 6.32. The van der Waals surface area contributed by atoms with Crippen LogP contribution in [0, 0.1) is 0 Å². The summed E-state index contributed by atoms with van der Waals surface area (Å²) in [7, 11) is 1.55. The first-order valence-electron chi connectivity index (χ1n) is 7.03. The second-order valence-electron chi connectivity index (χ2n) is 5.83. The molecule has 1 aromatic carbocycles. The number of ether oxygens (including phenoxy) is 1. The molecule has 0 heterocycles. The highest BCUT2D eigenvalue weighted by atomic mass is 35.5. The fourth-order valence-corrected chi connectivity index (χ4v) is 3.39. The Bertz CT molecular complexity index is 517. The smallest absolute Gasteiger partial charge is 0.314 e. The standard InChI is InChI=1S/C16H21ClO3/c1-10(2)11-8-12(14(20-3)13(17)9-11)16(15(18)19)6-4-5-7-16/h8-10H,4-7H2,1-3H3,(H,18,19). The van der Waals surface area contributed by atoms with Crippen LogP contribution in [-0.2, 0) is 10.2 Å². The molecule has 0 saturated heterocycles. The fraction of sp³-hybridized carbons (Fsp3) is 0.562. The van der Waals surface area contributed by atoms with Gasteiger partial charge in [-0.1, -0.05) is 44.4 Å². The first-order valence-corrected chi connectivity index (χ1v) is 7.41. The lowest BCUT2D eigenvalue weighted by molar-refractivity contribution is -0.143. The molecule has 1 N–H and O–H groups in total. The summed E-state index contributed by atoms with van der Waals surface area (Å²) in [6, 6.07) is 3.84. The van der Waals surface area contributed by atoms with Gasteiger partial charge >= 0.3 is 5.97 Å². The summed E-state index contributed by atoms with van der Waals surface area (Å²) in [6.45, 7) is 4.15. The van der Waals surface area contributed by atoms with Crippen molar-refractivity contribution in [2.24, 2.45) is 0 Å². The first-order chi connectivity index (χ1) is 9.42. The molecule has 110 valence electrons. The van der Waals surface area contributed by atoms with Gasteiger partial charge in [0.1, 0.15) is 5.75 Å². The minimum atomic E-state index is -0.847. The average molecular weight is 297 g/mol. The molecule has 1 saturated carbocycles. The largest absolute Gasteiger partial charge is 0.495 e. The molecule has 1 aliphatic carbocycles. The third-order valence-electron chi connectivity index (χ3n) is 4.32. The molecule has 0 aliphatic heterocycles. The molecule has 0 spiro atoms. The van der Waals surface area contributed by atoms with Crippen LogP contribution in [0.1, 0.15) is 56.6 Å². The normalized spacial score (nSPS) is 17.4. The number of carboxylic acids is 1. The summed E-state index contributed by atoms with van der Waals surface area (Å²) in [6.07, 6.45) is 3.16. The van der Waals surface area contributed by atoms with E-state index in [0.29, 0.717) is 29.5 Å². The molecule has 4 heteroatoms. The summed E-state index contributed by atoms with van der Waals surface area (Å²) in [5.41, 5.74) is 0.944. The summed E-state index contributed by atoms with van der Waals surface area (Å²) < 4.78 is 5.40. The molecule has 0 amide bonds. The van der Waals surface area contributed by atoms with Crippen LogP contribution in [-0.4, -0.2) is 18.2 Å². The number of methoxy groups -OCH3 is 1. The van der Waals surface area contributed by atoms with Gasteiger partial charge in [-0.2, -0.15) is 0 Å². The monoisotopic (exact) mass is 296 g/mol. The van der Waals surface area contributed by atoms with E-state index in [1.54, 1.807) is 7.11 Å². The lowest BCUT2D eigenvalue weighted by Gasteiger charge is -2.28. The van der Waals surface area contributed by atoms with Crippen molar-refractivity contribution in [1.29, 1.82) is 0 Å². The van der Waals surface area contributed by atoms with E-state index in [4.69, 9.17) is 16.3 Å². The molecule has 1 aromatic rings. The molecule has 0 bridgehead atoms. The van der Waals surface area contributed by atoms with E-state index in [1.165, 1.54) is 0 Å². The lowest BCUT2D eigenvalue weighted by Crippen LogP contribution is -2.33. The number of halogens is 1. The highest BCUT2D eigenvalue weighted by Gasteiger charge is 2.45. The number of rotatable bonds is 4. The van der Waals surface area contributed by atoms with E-state index in [1.807, 2.05) is 12.1 Å². The molecule has 1 aliphatic rings. The maximum atomic E-state index is 11.9. The van der Waals surface area contributed by atoms with Crippen molar-refractivity contribution in [1.82, 2.24) is 0 Å². The van der Waals surface area contributed by atoms with Crippen LogP contribution in [0.2, 0.25) is 5.02 Å². The molecule has 3 nitrogen and oxygen atoms in total. The van der Waals surface area contributed by atoms with Crippen LogP contribution >= 0.6 is 11.6 Å². The van der Waals surface area contributed by atoms with Crippen LogP contribution in [0.25, 0.3) is 0 Å². The second kappa shape index (κ2) is 5.65. The van der Waals surface area contributed by atoms with Gasteiger partial charge in [0.25, 0.3) is 0 Å². The highest BCUT2D eigenvalue weighted by Crippen LogP contribution is 2.48. The molecule has 0 aromatic heterocycles. The quantitative estimate of drug-likeness (QED) is 0.897.